The number of aryl methyl sites for hydroxylation is 1. The molecule has 10 nitrogen and oxygen atoms in total. The van der Waals surface area contributed by atoms with Gasteiger partial charge in [-0.05, 0) is 100 Å². The number of halogens is 3. The van der Waals surface area contributed by atoms with Crippen LogP contribution in [0.25, 0.3) is 33.5 Å². The fourth-order valence-electron chi connectivity index (χ4n) is 6.76. The summed E-state index contributed by atoms with van der Waals surface area (Å²) in [6.07, 6.45) is 14.2. The molecule has 8 rings (SSSR count). The van der Waals surface area contributed by atoms with Gasteiger partial charge in [-0.3, -0.25) is 0 Å². The van der Waals surface area contributed by atoms with Gasteiger partial charge >= 0.3 is 0 Å². The Labute approximate surface area is 381 Å². The number of nitrogens with zero attached hydrogens (tertiary/aromatic N) is 7. The van der Waals surface area contributed by atoms with Crippen molar-refractivity contribution in [3.8, 4) is 0 Å². The lowest BCUT2D eigenvalue weighted by Crippen LogP contribution is -2.05. The van der Waals surface area contributed by atoms with Gasteiger partial charge in [0.1, 0.15) is 5.52 Å². The van der Waals surface area contributed by atoms with E-state index in [0.717, 1.165) is 68.3 Å². The van der Waals surface area contributed by atoms with Gasteiger partial charge < -0.3 is 20.2 Å². The number of imidazole rings is 2. The number of allylic oxidation sites excluding steroid dienone is 2. The van der Waals surface area contributed by atoms with Gasteiger partial charge in [0.25, 0.3) is 0 Å². The molecule has 4 aromatic carbocycles. The van der Waals surface area contributed by atoms with E-state index in [-0.39, 0.29) is 10.6 Å². The number of fused-ring (bicyclic) bond motifs is 2. The lowest BCUT2D eigenvalue weighted by Gasteiger charge is -2.09. The van der Waals surface area contributed by atoms with Crippen molar-refractivity contribution < 1.29 is 0 Å². The average Bonchev–Trinajstić information content (AvgIpc) is 3.94. The fraction of sp³-hybridized carbons (Fsp3) is 0.208. The van der Waals surface area contributed by atoms with Crippen LogP contribution in [0.3, 0.4) is 0 Å². The van der Waals surface area contributed by atoms with Crippen molar-refractivity contribution in [2.75, 3.05) is 28.7 Å². The molecular formula is C48H49Cl2IN10. The van der Waals surface area contributed by atoms with E-state index in [9.17, 15) is 0 Å². The summed E-state index contributed by atoms with van der Waals surface area (Å²) in [5.74, 6) is 1.39. The number of alkyl halides is 1. The summed E-state index contributed by atoms with van der Waals surface area (Å²) < 4.78 is 1.84. The van der Waals surface area contributed by atoms with Crippen LogP contribution in [0.15, 0.2) is 146 Å². The number of rotatable bonds is 16. The van der Waals surface area contributed by atoms with Crippen molar-refractivity contribution in [3.63, 3.8) is 0 Å². The van der Waals surface area contributed by atoms with Gasteiger partial charge in [0.2, 0.25) is 10.6 Å². The molecule has 13 heteroatoms. The fourth-order valence-corrected chi connectivity index (χ4v) is 7.09. The summed E-state index contributed by atoms with van der Waals surface area (Å²) in [4.78, 5) is 30.4. The van der Waals surface area contributed by atoms with E-state index in [1.165, 1.54) is 33.4 Å². The highest BCUT2D eigenvalue weighted by molar-refractivity contribution is 14.1. The van der Waals surface area contributed by atoms with E-state index in [2.05, 4.69) is 189 Å². The molecule has 4 aromatic heterocycles. The summed E-state index contributed by atoms with van der Waals surface area (Å²) in [5.41, 5.74) is 10.4. The molecule has 61 heavy (non-hydrogen) atoms. The Kier molecular flexibility index (Phi) is 17.7. The normalized spacial score (nSPS) is 10.6. The monoisotopic (exact) mass is 962 g/mol. The first kappa shape index (κ1) is 44.9. The van der Waals surface area contributed by atoms with E-state index in [1.54, 1.807) is 12.7 Å². The summed E-state index contributed by atoms with van der Waals surface area (Å²) in [5, 5.41) is 7.13. The zero-order valence-electron chi connectivity index (χ0n) is 34.3. The third-order valence-corrected chi connectivity index (χ3v) is 10.0. The molecule has 0 aliphatic carbocycles. The van der Waals surface area contributed by atoms with Gasteiger partial charge in [0.15, 0.2) is 28.4 Å². The smallest absolute Gasteiger partial charge is 0.226 e. The molecule has 0 saturated heterocycles. The third-order valence-electron chi connectivity index (χ3n) is 9.67. The van der Waals surface area contributed by atoms with Crippen molar-refractivity contribution in [2.24, 2.45) is 7.05 Å². The molecule has 0 amide bonds. The van der Waals surface area contributed by atoms with Crippen molar-refractivity contribution in [1.82, 2.24) is 39.5 Å². The zero-order valence-corrected chi connectivity index (χ0v) is 37.9. The number of hydrogen-bond donors (Lipinski definition) is 3. The van der Waals surface area contributed by atoms with Crippen LogP contribution in [-0.2, 0) is 7.05 Å². The van der Waals surface area contributed by atoms with Crippen LogP contribution < -0.4 is 10.6 Å². The van der Waals surface area contributed by atoms with Crippen LogP contribution in [0, 0.1) is 0 Å². The van der Waals surface area contributed by atoms with Gasteiger partial charge in [0.05, 0.1) is 12.7 Å². The van der Waals surface area contributed by atoms with Crippen molar-refractivity contribution >= 4 is 90.9 Å². The number of aromatic nitrogens is 8. The molecule has 0 bridgehead atoms. The Balaban J connectivity index is 0.000000196. The van der Waals surface area contributed by atoms with Crippen molar-refractivity contribution in [3.05, 3.63) is 179 Å². The molecule has 0 fully saturated rings. The topological polar surface area (TPSA) is 122 Å². The average molecular weight is 964 g/mol. The Morgan fingerprint density at radius 2 is 1.03 bits per heavy atom. The number of benzene rings is 4. The predicted octanol–water partition coefficient (Wildman–Crippen LogP) is 12.5. The highest BCUT2D eigenvalue weighted by atomic mass is 127. The first-order valence-corrected chi connectivity index (χ1v) is 23.1. The van der Waals surface area contributed by atoms with Gasteiger partial charge in [-0.1, -0.05) is 156 Å². The maximum Gasteiger partial charge on any atom is 0.226 e. The van der Waals surface area contributed by atoms with Crippen LogP contribution >= 0.6 is 45.8 Å². The standard InChI is InChI=1S/C24H24ClN5.C23H22ClN5.CH3I/c1-30-17-27-21-22(28-24(25)29-23(21)30)26-16-10-4-9-15-20(18-11-5-2-6-12-18)19-13-7-3-8-14-19;24-23-28-21(20-22(29-23)27-16-26-20)25-15-9-3-8-14-19(17-10-4-1-5-11-17)18-12-6-2-7-13-18;1-2/h2-3,5-8,11-15,17H,4,9-10,16H2,1H3,(H,26,28,29);1-2,4-7,10-14,16H,3,8-9,15H2,(H2,25,26,27,28,29);1H3. The van der Waals surface area contributed by atoms with E-state index in [0.29, 0.717) is 17.3 Å². The lowest BCUT2D eigenvalue weighted by atomic mass is 9.96. The number of hydrogen-bond acceptors (Lipinski definition) is 8. The van der Waals surface area contributed by atoms with Crippen LogP contribution in [0.1, 0.15) is 60.8 Å². The number of unbranched alkanes of at least 4 members (excludes halogenated alkanes) is 4. The third kappa shape index (κ3) is 12.9. The summed E-state index contributed by atoms with van der Waals surface area (Å²) in [6, 6.07) is 42.2. The van der Waals surface area contributed by atoms with Crippen LogP contribution in [-0.4, -0.2) is 57.5 Å². The molecule has 0 aliphatic heterocycles. The highest BCUT2D eigenvalue weighted by Gasteiger charge is 2.11. The first-order valence-electron chi connectivity index (χ1n) is 20.2. The minimum atomic E-state index is 0.199. The largest absolute Gasteiger partial charge is 0.368 e. The molecule has 0 spiro atoms. The van der Waals surface area contributed by atoms with Crippen LogP contribution in [0.4, 0.5) is 11.6 Å². The van der Waals surface area contributed by atoms with Crippen molar-refractivity contribution in [2.45, 2.75) is 38.5 Å². The molecule has 0 atom stereocenters. The molecule has 0 saturated carbocycles. The van der Waals surface area contributed by atoms with E-state index in [4.69, 9.17) is 23.2 Å². The van der Waals surface area contributed by atoms with Gasteiger partial charge in [0, 0.05) is 20.1 Å². The highest BCUT2D eigenvalue weighted by Crippen LogP contribution is 2.26. The van der Waals surface area contributed by atoms with Gasteiger partial charge in [-0.15, -0.1) is 0 Å². The summed E-state index contributed by atoms with van der Waals surface area (Å²) in [7, 11) is 1.89. The number of H-pyrrole nitrogens is 1. The second kappa shape index (κ2) is 24.0. The second-order valence-electron chi connectivity index (χ2n) is 13.9. The zero-order chi connectivity index (χ0) is 42.7. The van der Waals surface area contributed by atoms with Crippen molar-refractivity contribution in [1.29, 1.82) is 0 Å². The summed E-state index contributed by atoms with van der Waals surface area (Å²) >= 11 is 14.2. The van der Waals surface area contributed by atoms with E-state index >= 15 is 0 Å². The second-order valence-corrected chi connectivity index (χ2v) is 14.5. The Bertz CT molecular complexity index is 2520. The lowest BCUT2D eigenvalue weighted by molar-refractivity contribution is 0.777. The minimum Gasteiger partial charge on any atom is -0.368 e. The number of anilines is 2. The van der Waals surface area contributed by atoms with Crippen LogP contribution in [0.5, 0.6) is 0 Å². The number of nitrogens with one attached hydrogen (secondary N) is 3. The Hall–Kier alpha value is -5.63. The molecular weight excluding hydrogens is 914 g/mol. The molecule has 0 aliphatic rings. The van der Waals surface area contributed by atoms with Gasteiger partial charge in [-0.2, -0.15) is 19.9 Å². The van der Waals surface area contributed by atoms with E-state index in [1.807, 2.05) is 28.7 Å². The molecule has 0 unspecified atom stereocenters. The van der Waals surface area contributed by atoms with Crippen LogP contribution in [0.2, 0.25) is 10.6 Å². The molecule has 4 heterocycles. The maximum absolute atomic E-state index is 6.06. The molecule has 312 valence electrons. The maximum atomic E-state index is 6.06. The minimum absolute atomic E-state index is 0.199. The predicted molar refractivity (Wildman–Crippen MR) is 263 cm³/mol. The SMILES string of the molecule is CI.Clc1nc(NCCCCC=C(c2ccccc2)c2ccccc2)c2[nH]cnc2n1.Cn1cnc2c(NCCCCC=C(c3ccccc3)c3ccccc3)nc(Cl)nc21. The molecule has 8 aromatic rings. The molecule has 0 radical (unpaired) electrons. The quantitative estimate of drug-likeness (QED) is 0.0379. The van der Waals surface area contributed by atoms with Gasteiger partial charge in [-0.25, -0.2) is 9.97 Å². The Morgan fingerprint density at radius 3 is 1.52 bits per heavy atom. The summed E-state index contributed by atoms with van der Waals surface area (Å²) in [6.45, 7) is 1.61. The molecule has 3 N–H and O–H groups in total. The Morgan fingerprint density at radius 1 is 0.590 bits per heavy atom. The number of aromatic amines is 1. The van der Waals surface area contributed by atoms with E-state index < -0.39 is 0 Å². The first-order chi connectivity index (χ1) is 30.0.